The van der Waals surface area contributed by atoms with Gasteiger partial charge in [0.2, 0.25) is 0 Å². The summed E-state index contributed by atoms with van der Waals surface area (Å²) < 4.78 is 0. The van der Waals surface area contributed by atoms with Crippen LogP contribution in [-0.2, 0) is 0 Å². The number of quaternary nitrogens is 2. The second kappa shape index (κ2) is 16.4. The molecule has 0 rings (SSSR count). The Morgan fingerprint density at radius 1 is 1.14 bits per heavy atom. The predicted octanol–water partition coefficient (Wildman–Crippen LogP) is -2.15. The van der Waals surface area contributed by atoms with E-state index in [1.165, 1.54) is 0 Å². The molecule has 0 aliphatic carbocycles. The van der Waals surface area contributed by atoms with E-state index in [2.05, 4.69) is 0 Å². The number of rotatable bonds is 0. The Hall–Kier alpha value is 0.190. The maximum absolute atomic E-state index is 8.59. The lowest BCUT2D eigenvalue weighted by molar-refractivity contribution is -0.313. The second-order valence-corrected chi connectivity index (χ2v) is 0.714. The molecule has 0 saturated heterocycles. The van der Waals surface area contributed by atoms with Crippen LogP contribution in [0.25, 0.3) is 0 Å². The van der Waals surface area contributed by atoms with Gasteiger partial charge in [-0.1, -0.05) is 0 Å². The Morgan fingerprint density at radius 2 is 1.14 bits per heavy atom. The van der Waals surface area contributed by atoms with Crippen molar-refractivity contribution in [2.75, 3.05) is 0 Å². The molecular weight excluding hydrogens is 123 g/mol. The lowest BCUT2D eigenvalue weighted by Crippen LogP contribution is -2.04. The zero-order valence-corrected chi connectivity index (χ0v) is 5.11. The average Bonchev–Trinajstić information content (AvgIpc) is 0.811. The van der Waals surface area contributed by atoms with Gasteiger partial charge in [-0.2, -0.15) is 8.60 Å². The van der Waals surface area contributed by atoms with Crippen LogP contribution in [0.15, 0.2) is 0 Å². The third-order valence-corrected chi connectivity index (χ3v) is 0. The van der Waals surface area contributed by atoms with Gasteiger partial charge in [0.15, 0.2) is 0 Å². The van der Waals surface area contributed by atoms with Crippen LogP contribution in [0.1, 0.15) is 0 Å². The lowest BCUT2D eigenvalue weighted by atomic mass is 14.0. The van der Waals surface area contributed by atoms with Crippen molar-refractivity contribution in [1.82, 2.24) is 12.3 Å². The third-order valence-electron chi connectivity index (χ3n) is 0. The normalized spacial score (nSPS) is 5.14. The Kier molecular flexibility index (Phi) is 63.4. The molecule has 50 valence electrons. The standard InChI is InChI=1S/2H3N.HO3P.H2O/c;;1-4(2)3;/h2*1H3;1H;1H2/q;;-2;/p+2. The highest BCUT2D eigenvalue weighted by molar-refractivity contribution is 7.35. The van der Waals surface area contributed by atoms with E-state index in [1.54, 1.807) is 0 Å². The van der Waals surface area contributed by atoms with E-state index in [4.69, 9.17) is 14.7 Å². The molecule has 0 bridgehead atoms. The molecule has 0 aliphatic heterocycles. The molecule has 0 amide bonds. The molecule has 0 radical (unpaired) electrons. The molecule has 11 N–H and O–H groups in total. The molecule has 0 aromatic rings. The molecule has 0 spiro atoms. The summed E-state index contributed by atoms with van der Waals surface area (Å²) in [4.78, 5) is 24.2. The van der Waals surface area contributed by atoms with Crippen molar-refractivity contribution in [2.24, 2.45) is 0 Å². The van der Waals surface area contributed by atoms with Gasteiger partial charge in [0, 0.05) is 0 Å². The third kappa shape index (κ3) is 3010. The first-order valence-corrected chi connectivity index (χ1v) is 1.70. The van der Waals surface area contributed by atoms with Gasteiger partial charge in [-0.05, 0) is 0 Å². The van der Waals surface area contributed by atoms with Gasteiger partial charge >= 0.3 is 0 Å². The van der Waals surface area contributed by atoms with Crippen molar-refractivity contribution >= 4 is 8.60 Å². The quantitative estimate of drug-likeness (QED) is 0.321. The SMILES string of the molecule is O.[NH4+].[NH4+].[O-]P([O-])O. The van der Waals surface area contributed by atoms with Crippen LogP contribution in [0.5, 0.6) is 0 Å². The predicted molar refractivity (Wildman–Crippen MR) is 24.7 cm³/mol. The van der Waals surface area contributed by atoms with Gasteiger partial charge in [0.05, 0.1) is 0 Å². The average molecular weight is 134 g/mol. The van der Waals surface area contributed by atoms with E-state index in [0.717, 1.165) is 0 Å². The van der Waals surface area contributed by atoms with Gasteiger partial charge in [0.25, 0.3) is 0 Å². The molecular formula is H11N2O4P. The summed E-state index contributed by atoms with van der Waals surface area (Å²) in [6.45, 7) is 0. The van der Waals surface area contributed by atoms with Gasteiger partial charge < -0.3 is 32.5 Å². The molecule has 0 unspecified atom stereocenters. The molecule has 0 aromatic heterocycles. The summed E-state index contributed by atoms with van der Waals surface area (Å²) in [7, 11) is -3.12. The summed E-state index contributed by atoms with van der Waals surface area (Å²) in [6.07, 6.45) is 0. The topological polar surface area (TPSA) is 171 Å². The molecule has 0 aromatic carbocycles. The summed E-state index contributed by atoms with van der Waals surface area (Å²) in [5, 5.41) is 0. The molecule has 0 saturated carbocycles. The first-order chi connectivity index (χ1) is 1.73. The highest BCUT2D eigenvalue weighted by Crippen LogP contribution is 1.95. The Labute approximate surface area is 42.3 Å². The molecule has 0 heterocycles. The molecule has 0 aliphatic rings. The van der Waals surface area contributed by atoms with E-state index in [1.807, 2.05) is 0 Å². The fourth-order valence-electron chi connectivity index (χ4n) is 0. The van der Waals surface area contributed by atoms with Crippen LogP contribution >= 0.6 is 8.60 Å². The van der Waals surface area contributed by atoms with Crippen LogP contribution in [0, 0.1) is 0 Å². The van der Waals surface area contributed by atoms with Gasteiger partial charge in [0.1, 0.15) is 0 Å². The highest BCUT2D eigenvalue weighted by atomic mass is 31.2. The molecule has 6 nitrogen and oxygen atoms in total. The van der Waals surface area contributed by atoms with E-state index in [-0.39, 0.29) is 17.8 Å². The van der Waals surface area contributed by atoms with Crippen LogP contribution < -0.4 is 22.1 Å². The fraction of sp³-hybridized carbons (Fsp3) is 0. The van der Waals surface area contributed by atoms with Crippen molar-refractivity contribution < 1.29 is 20.2 Å². The Balaban J connectivity index is -0.0000000150. The summed E-state index contributed by atoms with van der Waals surface area (Å²) >= 11 is 0. The van der Waals surface area contributed by atoms with E-state index in [0.29, 0.717) is 0 Å². The smallest absolute Gasteiger partial charge is 0.165 e. The molecule has 0 atom stereocenters. The summed E-state index contributed by atoms with van der Waals surface area (Å²) in [5.41, 5.74) is 0. The van der Waals surface area contributed by atoms with Gasteiger partial charge in [-0.15, -0.1) is 0 Å². The first kappa shape index (κ1) is 27.1. The zero-order valence-electron chi connectivity index (χ0n) is 4.21. The Morgan fingerprint density at radius 3 is 1.14 bits per heavy atom. The minimum absolute atomic E-state index is 0. The second-order valence-electron chi connectivity index (χ2n) is 0.238. The zero-order chi connectivity index (χ0) is 3.58. The van der Waals surface area contributed by atoms with Crippen molar-refractivity contribution in [2.45, 2.75) is 0 Å². The largest absolute Gasteiger partial charge is 0.820 e. The van der Waals surface area contributed by atoms with Crippen LogP contribution in [0.2, 0.25) is 0 Å². The first-order valence-electron chi connectivity index (χ1n) is 0.565. The number of hydrogen-bond donors (Lipinski definition) is 3. The monoisotopic (exact) mass is 134 g/mol. The van der Waals surface area contributed by atoms with Crippen molar-refractivity contribution in [3.8, 4) is 0 Å². The van der Waals surface area contributed by atoms with Crippen molar-refractivity contribution in [1.29, 1.82) is 0 Å². The number of hydrogen-bond acceptors (Lipinski definition) is 3. The highest BCUT2D eigenvalue weighted by Gasteiger charge is 1.34. The molecule has 0 fully saturated rings. The van der Waals surface area contributed by atoms with E-state index >= 15 is 0 Å². The Bertz CT molecular complexity index is 14.4. The van der Waals surface area contributed by atoms with Gasteiger partial charge in [-0.3, -0.25) is 0 Å². The summed E-state index contributed by atoms with van der Waals surface area (Å²) in [6, 6.07) is 0. The fourth-order valence-corrected chi connectivity index (χ4v) is 0. The minimum Gasteiger partial charge on any atom is -0.820 e. The molecule has 7 heavy (non-hydrogen) atoms. The van der Waals surface area contributed by atoms with E-state index in [9.17, 15) is 0 Å². The van der Waals surface area contributed by atoms with Crippen LogP contribution in [0.4, 0.5) is 0 Å². The van der Waals surface area contributed by atoms with Gasteiger partial charge in [-0.25, -0.2) is 0 Å². The van der Waals surface area contributed by atoms with E-state index < -0.39 is 8.60 Å². The van der Waals surface area contributed by atoms with Crippen molar-refractivity contribution in [3.63, 3.8) is 0 Å². The maximum Gasteiger partial charge on any atom is -0.165 e. The maximum atomic E-state index is 8.59. The summed E-state index contributed by atoms with van der Waals surface area (Å²) in [5.74, 6) is 0. The lowest BCUT2D eigenvalue weighted by Gasteiger charge is -2.19. The minimum atomic E-state index is -3.12. The molecule has 7 heteroatoms. The van der Waals surface area contributed by atoms with Crippen LogP contribution in [0.3, 0.4) is 0 Å². The van der Waals surface area contributed by atoms with Crippen molar-refractivity contribution in [3.05, 3.63) is 0 Å². The van der Waals surface area contributed by atoms with Crippen LogP contribution in [-0.4, -0.2) is 10.4 Å².